The van der Waals surface area contributed by atoms with Crippen LogP contribution in [0.3, 0.4) is 0 Å². The highest BCUT2D eigenvalue weighted by Crippen LogP contribution is 2.36. The molecule has 138 valence electrons. The van der Waals surface area contributed by atoms with Crippen LogP contribution in [0.15, 0.2) is 4.52 Å². The van der Waals surface area contributed by atoms with Crippen LogP contribution in [0.25, 0.3) is 0 Å². The normalized spacial score (nSPS) is 29.4. The first-order chi connectivity index (χ1) is 12.3. The molecular formula is C18H27N3O4. The first-order valence-electron chi connectivity index (χ1n) is 9.62. The van der Waals surface area contributed by atoms with Gasteiger partial charge in [0.15, 0.2) is 5.82 Å². The van der Waals surface area contributed by atoms with Crippen molar-refractivity contribution < 1.29 is 18.8 Å². The summed E-state index contributed by atoms with van der Waals surface area (Å²) in [4.78, 5) is 17.4. The topological polar surface area (TPSA) is 86.5 Å². The van der Waals surface area contributed by atoms with Crippen LogP contribution >= 0.6 is 0 Å². The Labute approximate surface area is 147 Å². The van der Waals surface area contributed by atoms with Crippen molar-refractivity contribution >= 4 is 5.91 Å². The summed E-state index contributed by atoms with van der Waals surface area (Å²) in [6.07, 6.45) is 8.49. The van der Waals surface area contributed by atoms with Crippen molar-refractivity contribution in [3.05, 3.63) is 11.7 Å². The molecule has 25 heavy (non-hydrogen) atoms. The molecule has 0 unspecified atom stereocenters. The highest BCUT2D eigenvalue weighted by molar-refractivity contribution is 5.81. The molecule has 7 nitrogen and oxygen atoms in total. The van der Waals surface area contributed by atoms with Gasteiger partial charge in [0.1, 0.15) is 11.6 Å². The number of carbonyl (C=O) groups is 1. The van der Waals surface area contributed by atoms with E-state index in [-0.39, 0.29) is 17.9 Å². The maximum atomic E-state index is 12.7. The second kappa shape index (κ2) is 7.41. The van der Waals surface area contributed by atoms with Crippen molar-refractivity contribution in [1.82, 2.24) is 15.5 Å². The van der Waals surface area contributed by atoms with Crippen LogP contribution in [-0.2, 0) is 19.8 Å². The summed E-state index contributed by atoms with van der Waals surface area (Å²) in [5, 5.41) is 7.54. The van der Waals surface area contributed by atoms with E-state index < -0.39 is 5.54 Å². The molecule has 0 bridgehead atoms. The molecule has 3 aliphatic rings. The first-order valence-corrected chi connectivity index (χ1v) is 9.62. The van der Waals surface area contributed by atoms with Gasteiger partial charge in [-0.2, -0.15) is 4.98 Å². The van der Waals surface area contributed by atoms with Gasteiger partial charge in [0.25, 0.3) is 0 Å². The lowest BCUT2D eigenvalue weighted by atomic mass is 9.88. The van der Waals surface area contributed by atoms with Gasteiger partial charge in [-0.1, -0.05) is 30.8 Å². The summed E-state index contributed by atoms with van der Waals surface area (Å²) in [6.45, 7) is 2.04. The van der Waals surface area contributed by atoms with Gasteiger partial charge in [-0.05, 0) is 32.1 Å². The molecule has 3 heterocycles. The van der Waals surface area contributed by atoms with Crippen LogP contribution in [-0.4, -0.2) is 42.0 Å². The zero-order valence-electron chi connectivity index (χ0n) is 14.7. The number of nitrogens with zero attached hydrogens (tertiary/aromatic N) is 2. The molecule has 1 aromatic heterocycles. The molecule has 0 spiro atoms. The third-order valence-corrected chi connectivity index (χ3v) is 5.69. The Kier molecular flexibility index (Phi) is 5.03. The maximum Gasteiger partial charge on any atom is 0.249 e. The lowest BCUT2D eigenvalue weighted by molar-refractivity contribution is -0.132. The number of ether oxygens (including phenoxy) is 2. The van der Waals surface area contributed by atoms with Crippen LogP contribution in [0.2, 0.25) is 0 Å². The molecular weight excluding hydrogens is 322 g/mol. The van der Waals surface area contributed by atoms with Gasteiger partial charge in [-0.3, -0.25) is 4.79 Å². The van der Waals surface area contributed by atoms with E-state index in [0.29, 0.717) is 24.9 Å². The number of hydrogen-bond donors (Lipinski definition) is 1. The maximum absolute atomic E-state index is 12.7. The molecule has 1 amide bonds. The van der Waals surface area contributed by atoms with E-state index in [4.69, 9.17) is 19.0 Å². The molecule has 1 N–H and O–H groups in total. The van der Waals surface area contributed by atoms with Crippen LogP contribution in [0.4, 0.5) is 0 Å². The molecule has 1 aromatic rings. The largest absolute Gasteiger partial charge is 0.381 e. The van der Waals surface area contributed by atoms with E-state index >= 15 is 0 Å². The van der Waals surface area contributed by atoms with Crippen molar-refractivity contribution in [2.45, 2.75) is 75.3 Å². The van der Waals surface area contributed by atoms with Crippen LogP contribution in [0.1, 0.15) is 75.4 Å². The van der Waals surface area contributed by atoms with Gasteiger partial charge < -0.3 is 19.3 Å². The molecule has 2 saturated heterocycles. The van der Waals surface area contributed by atoms with Crippen molar-refractivity contribution in [2.75, 3.05) is 19.8 Å². The SMILES string of the molecule is O=C(NC1(c2noc([C@H]3CCOC3)n2)CCCCCC1)[C@@H]1CCCO1. The summed E-state index contributed by atoms with van der Waals surface area (Å²) in [7, 11) is 0. The van der Waals surface area contributed by atoms with Crippen molar-refractivity contribution in [3.8, 4) is 0 Å². The average molecular weight is 349 g/mol. The lowest BCUT2D eigenvalue weighted by Gasteiger charge is -2.31. The van der Waals surface area contributed by atoms with Crippen molar-refractivity contribution in [1.29, 1.82) is 0 Å². The van der Waals surface area contributed by atoms with Gasteiger partial charge in [-0.15, -0.1) is 0 Å². The highest BCUT2D eigenvalue weighted by Gasteiger charge is 2.41. The fourth-order valence-corrected chi connectivity index (χ4v) is 4.16. The van der Waals surface area contributed by atoms with Crippen molar-refractivity contribution in [2.24, 2.45) is 0 Å². The molecule has 1 saturated carbocycles. The van der Waals surface area contributed by atoms with Crippen LogP contribution < -0.4 is 5.32 Å². The molecule has 4 rings (SSSR count). The third kappa shape index (κ3) is 3.58. The Morgan fingerprint density at radius 2 is 1.92 bits per heavy atom. The predicted molar refractivity (Wildman–Crippen MR) is 89.0 cm³/mol. The smallest absolute Gasteiger partial charge is 0.249 e. The third-order valence-electron chi connectivity index (χ3n) is 5.69. The van der Waals surface area contributed by atoms with E-state index in [1.807, 2.05) is 0 Å². The lowest BCUT2D eigenvalue weighted by Crippen LogP contribution is -2.50. The summed E-state index contributed by atoms with van der Waals surface area (Å²) < 4.78 is 16.5. The Morgan fingerprint density at radius 1 is 1.08 bits per heavy atom. The van der Waals surface area contributed by atoms with Crippen LogP contribution in [0, 0.1) is 0 Å². The molecule has 0 radical (unpaired) electrons. The van der Waals surface area contributed by atoms with E-state index in [9.17, 15) is 4.79 Å². The van der Waals surface area contributed by atoms with E-state index in [1.165, 1.54) is 12.8 Å². The number of rotatable bonds is 4. The number of nitrogens with one attached hydrogen (secondary N) is 1. The summed E-state index contributed by atoms with van der Waals surface area (Å²) in [5.74, 6) is 1.41. The van der Waals surface area contributed by atoms with E-state index in [2.05, 4.69) is 10.5 Å². The summed E-state index contributed by atoms with van der Waals surface area (Å²) in [5.41, 5.74) is -0.527. The zero-order valence-corrected chi connectivity index (χ0v) is 14.7. The molecule has 2 aliphatic heterocycles. The highest BCUT2D eigenvalue weighted by atomic mass is 16.5. The Hall–Kier alpha value is -1.47. The fraction of sp³-hybridized carbons (Fsp3) is 0.833. The number of hydrogen-bond acceptors (Lipinski definition) is 6. The zero-order chi connectivity index (χ0) is 17.1. The second-order valence-electron chi connectivity index (χ2n) is 7.50. The van der Waals surface area contributed by atoms with Gasteiger partial charge in [0, 0.05) is 13.2 Å². The fourth-order valence-electron chi connectivity index (χ4n) is 4.16. The molecule has 3 fully saturated rings. The van der Waals surface area contributed by atoms with Gasteiger partial charge >= 0.3 is 0 Å². The molecule has 2 atom stereocenters. The van der Waals surface area contributed by atoms with Gasteiger partial charge in [0.2, 0.25) is 11.8 Å². The van der Waals surface area contributed by atoms with Gasteiger partial charge in [-0.25, -0.2) is 0 Å². The average Bonchev–Trinajstić information content (AvgIpc) is 3.36. The Balaban J connectivity index is 1.57. The standard InChI is InChI=1S/C18H27N3O4/c22-15(14-6-5-10-24-14)20-18(8-3-1-2-4-9-18)17-19-16(25-21-17)13-7-11-23-12-13/h13-14H,1-12H2,(H,20,22)/t13-,14-/m0/s1. The van der Waals surface area contributed by atoms with Crippen LogP contribution in [0.5, 0.6) is 0 Å². The minimum Gasteiger partial charge on any atom is -0.381 e. The number of carbonyl (C=O) groups excluding carboxylic acids is 1. The van der Waals surface area contributed by atoms with E-state index in [0.717, 1.165) is 51.6 Å². The second-order valence-corrected chi connectivity index (χ2v) is 7.50. The number of amides is 1. The van der Waals surface area contributed by atoms with E-state index in [1.54, 1.807) is 0 Å². The monoisotopic (exact) mass is 349 g/mol. The summed E-state index contributed by atoms with van der Waals surface area (Å²) >= 11 is 0. The minimum absolute atomic E-state index is 0.0325. The Bertz CT molecular complexity index is 583. The first kappa shape index (κ1) is 17.0. The van der Waals surface area contributed by atoms with Gasteiger partial charge in [0.05, 0.1) is 12.5 Å². The molecule has 1 aliphatic carbocycles. The quantitative estimate of drug-likeness (QED) is 0.840. The predicted octanol–water partition coefficient (Wildman–Crippen LogP) is 2.42. The summed E-state index contributed by atoms with van der Waals surface area (Å²) in [6, 6.07) is 0. The minimum atomic E-state index is -0.527. The van der Waals surface area contributed by atoms with Crippen molar-refractivity contribution in [3.63, 3.8) is 0 Å². The molecule has 0 aromatic carbocycles. The molecule has 7 heteroatoms. The Morgan fingerprint density at radius 3 is 2.60 bits per heavy atom. The number of aromatic nitrogens is 2.